The van der Waals surface area contributed by atoms with Crippen molar-refractivity contribution in [3.8, 4) is 17.1 Å². The second-order valence-electron chi connectivity index (χ2n) is 5.08. The fourth-order valence-corrected chi connectivity index (χ4v) is 3.21. The van der Waals surface area contributed by atoms with E-state index in [4.69, 9.17) is 4.74 Å². The first-order valence-electron chi connectivity index (χ1n) is 7.00. The van der Waals surface area contributed by atoms with Gasteiger partial charge in [-0.25, -0.2) is 18.1 Å². The van der Waals surface area contributed by atoms with Crippen molar-refractivity contribution in [2.45, 2.75) is 4.90 Å². The van der Waals surface area contributed by atoms with E-state index in [1.807, 2.05) is 35.9 Å². The summed E-state index contributed by atoms with van der Waals surface area (Å²) in [6.07, 6.45) is 0. The Balaban J connectivity index is 2.14. The molecule has 0 spiro atoms. The maximum absolute atomic E-state index is 11.9. The van der Waals surface area contributed by atoms with Gasteiger partial charge < -0.3 is 9.30 Å². The molecule has 0 unspecified atom stereocenters. The quantitative estimate of drug-likeness (QED) is 0.795. The zero-order chi connectivity index (χ0) is 16.6. The smallest absolute Gasteiger partial charge is 0.240 e. The van der Waals surface area contributed by atoms with Gasteiger partial charge in [0.2, 0.25) is 10.0 Å². The average molecular weight is 331 g/mol. The summed E-state index contributed by atoms with van der Waals surface area (Å²) in [5.74, 6) is 1.54. The van der Waals surface area contributed by atoms with E-state index in [1.165, 1.54) is 7.05 Å². The van der Waals surface area contributed by atoms with Gasteiger partial charge in [-0.2, -0.15) is 0 Å². The number of sulfonamides is 1. The molecule has 2 aromatic carbocycles. The van der Waals surface area contributed by atoms with Crippen LogP contribution in [-0.2, 0) is 17.1 Å². The van der Waals surface area contributed by atoms with Crippen LogP contribution < -0.4 is 9.46 Å². The van der Waals surface area contributed by atoms with Crippen molar-refractivity contribution in [1.29, 1.82) is 0 Å². The predicted octanol–water partition coefficient (Wildman–Crippen LogP) is 2.16. The molecule has 1 heterocycles. The summed E-state index contributed by atoms with van der Waals surface area (Å²) in [6.45, 7) is 0. The van der Waals surface area contributed by atoms with Crippen LogP contribution in [0.2, 0.25) is 0 Å². The number of hydrogen-bond donors (Lipinski definition) is 1. The van der Waals surface area contributed by atoms with Gasteiger partial charge in [0.15, 0.2) is 0 Å². The first kappa shape index (κ1) is 15.5. The molecule has 0 bridgehead atoms. The second-order valence-corrected chi connectivity index (χ2v) is 6.97. The van der Waals surface area contributed by atoms with Gasteiger partial charge in [0.1, 0.15) is 11.6 Å². The molecule has 0 saturated carbocycles. The monoisotopic (exact) mass is 331 g/mol. The predicted molar refractivity (Wildman–Crippen MR) is 88.9 cm³/mol. The van der Waals surface area contributed by atoms with Crippen LogP contribution in [0.1, 0.15) is 0 Å². The molecular weight excluding hydrogens is 314 g/mol. The van der Waals surface area contributed by atoms with Crippen molar-refractivity contribution >= 4 is 21.1 Å². The molecular formula is C16H17N3O3S. The fraction of sp³-hybridized carbons (Fsp3) is 0.188. The lowest BCUT2D eigenvalue weighted by Gasteiger charge is -2.04. The van der Waals surface area contributed by atoms with E-state index < -0.39 is 10.0 Å². The molecule has 3 aromatic rings. The average Bonchev–Trinajstić information content (AvgIpc) is 2.91. The molecule has 0 radical (unpaired) electrons. The zero-order valence-corrected chi connectivity index (χ0v) is 13.9. The Morgan fingerprint density at radius 2 is 1.83 bits per heavy atom. The fourth-order valence-electron chi connectivity index (χ4n) is 2.46. The Hall–Kier alpha value is -2.38. The lowest BCUT2D eigenvalue weighted by molar-refractivity contribution is 0.415. The van der Waals surface area contributed by atoms with Crippen molar-refractivity contribution in [3.05, 3.63) is 42.5 Å². The van der Waals surface area contributed by atoms with Crippen molar-refractivity contribution in [2.24, 2.45) is 7.05 Å². The van der Waals surface area contributed by atoms with Gasteiger partial charge in [0.05, 0.1) is 23.0 Å². The van der Waals surface area contributed by atoms with E-state index in [-0.39, 0.29) is 4.90 Å². The number of aryl methyl sites for hydroxylation is 1. The molecule has 0 fully saturated rings. The number of aromatic nitrogens is 2. The molecule has 0 saturated heterocycles. The van der Waals surface area contributed by atoms with Gasteiger partial charge in [-0.15, -0.1) is 0 Å². The highest BCUT2D eigenvalue weighted by atomic mass is 32.2. The Bertz CT molecular complexity index is 960. The highest BCUT2D eigenvalue weighted by molar-refractivity contribution is 7.89. The number of rotatable bonds is 4. The SMILES string of the molecule is CNS(=O)(=O)c1ccc2c(c1)nc(-c1ccc(OC)cc1)n2C. The molecule has 3 rings (SSSR count). The minimum absolute atomic E-state index is 0.201. The van der Waals surface area contributed by atoms with Crippen molar-refractivity contribution in [2.75, 3.05) is 14.2 Å². The normalized spacial score (nSPS) is 11.8. The maximum Gasteiger partial charge on any atom is 0.240 e. The number of hydrogen-bond acceptors (Lipinski definition) is 4. The molecule has 7 heteroatoms. The standard InChI is InChI=1S/C16H17N3O3S/c1-17-23(20,21)13-8-9-15-14(10-13)18-16(19(15)2)11-4-6-12(22-3)7-5-11/h4-10,17H,1-3H3. The van der Waals surface area contributed by atoms with Gasteiger partial charge in [-0.3, -0.25) is 0 Å². The molecule has 0 aliphatic heterocycles. The summed E-state index contributed by atoms with van der Waals surface area (Å²) in [5, 5.41) is 0. The highest BCUT2D eigenvalue weighted by Gasteiger charge is 2.15. The van der Waals surface area contributed by atoms with Gasteiger partial charge >= 0.3 is 0 Å². The molecule has 0 atom stereocenters. The van der Waals surface area contributed by atoms with Crippen LogP contribution in [0.5, 0.6) is 5.75 Å². The van der Waals surface area contributed by atoms with E-state index in [9.17, 15) is 8.42 Å². The lowest BCUT2D eigenvalue weighted by Crippen LogP contribution is -2.18. The number of nitrogens with one attached hydrogen (secondary N) is 1. The van der Waals surface area contributed by atoms with Crippen LogP contribution in [0, 0.1) is 0 Å². The van der Waals surface area contributed by atoms with Crippen molar-refractivity contribution in [1.82, 2.24) is 14.3 Å². The summed E-state index contributed by atoms with van der Waals surface area (Å²) in [4.78, 5) is 4.78. The zero-order valence-electron chi connectivity index (χ0n) is 13.1. The molecule has 0 aliphatic carbocycles. The lowest BCUT2D eigenvalue weighted by atomic mass is 10.2. The van der Waals surface area contributed by atoms with Crippen LogP contribution in [0.3, 0.4) is 0 Å². The number of benzene rings is 2. The number of ether oxygens (including phenoxy) is 1. The van der Waals surface area contributed by atoms with E-state index in [0.29, 0.717) is 5.52 Å². The van der Waals surface area contributed by atoms with Crippen LogP contribution in [0.15, 0.2) is 47.4 Å². The Labute approximate surface area is 134 Å². The van der Waals surface area contributed by atoms with E-state index in [2.05, 4.69) is 9.71 Å². The molecule has 0 aliphatic rings. The molecule has 23 heavy (non-hydrogen) atoms. The summed E-state index contributed by atoms with van der Waals surface area (Å²) in [7, 11) is 1.43. The first-order valence-corrected chi connectivity index (χ1v) is 8.49. The highest BCUT2D eigenvalue weighted by Crippen LogP contribution is 2.26. The van der Waals surface area contributed by atoms with Gasteiger partial charge in [-0.05, 0) is 49.5 Å². The van der Waals surface area contributed by atoms with Crippen molar-refractivity contribution in [3.63, 3.8) is 0 Å². The van der Waals surface area contributed by atoms with Crippen LogP contribution in [0.25, 0.3) is 22.4 Å². The van der Waals surface area contributed by atoms with Crippen molar-refractivity contribution < 1.29 is 13.2 Å². The van der Waals surface area contributed by atoms with Gasteiger partial charge in [-0.1, -0.05) is 0 Å². The molecule has 120 valence electrons. The van der Waals surface area contributed by atoms with E-state index >= 15 is 0 Å². The minimum Gasteiger partial charge on any atom is -0.497 e. The second kappa shape index (κ2) is 5.68. The summed E-state index contributed by atoms with van der Waals surface area (Å²) in [5.41, 5.74) is 2.43. The summed E-state index contributed by atoms with van der Waals surface area (Å²) >= 11 is 0. The summed E-state index contributed by atoms with van der Waals surface area (Å²) in [6, 6.07) is 12.5. The number of nitrogens with zero attached hydrogens (tertiary/aromatic N) is 2. The third-order valence-corrected chi connectivity index (χ3v) is 5.19. The van der Waals surface area contributed by atoms with Crippen LogP contribution >= 0.6 is 0 Å². The number of fused-ring (bicyclic) bond motifs is 1. The largest absolute Gasteiger partial charge is 0.497 e. The third-order valence-electron chi connectivity index (χ3n) is 3.78. The molecule has 1 N–H and O–H groups in total. The molecule has 6 nitrogen and oxygen atoms in total. The third kappa shape index (κ3) is 2.69. The van der Waals surface area contributed by atoms with Gasteiger partial charge in [0.25, 0.3) is 0 Å². The Morgan fingerprint density at radius 1 is 1.13 bits per heavy atom. The van der Waals surface area contributed by atoms with Gasteiger partial charge in [0, 0.05) is 12.6 Å². The minimum atomic E-state index is -3.48. The molecule has 0 amide bonds. The molecule has 1 aromatic heterocycles. The number of methoxy groups -OCH3 is 1. The van der Waals surface area contributed by atoms with E-state index in [0.717, 1.165) is 22.7 Å². The summed E-state index contributed by atoms with van der Waals surface area (Å²) < 4.78 is 33.2. The van der Waals surface area contributed by atoms with Crippen LogP contribution in [0.4, 0.5) is 0 Å². The Morgan fingerprint density at radius 3 is 2.43 bits per heavy atom. The maximum atomic E-state index is 11.9. The number of imidazole rings is 1. The topological polar surface area (TPSA) is 73.2 Å². The Kier molecular flexibility index (Phi) is 3.83. The first-order chi connectivity index (χ1) is 11.0. The van der Waals surface area contributed by atoms with E-state index in [1.54, 1.807) is 25.3 Å². The van der Waals surface area contributed by atoms with Crippen LogP contribution in [-0.4, -0.2) is 32.1 Å².